The van der Waals surface area contributed by atoms with Gasteiger partial charge in [0.1, 0.15) is 5.52 Å². The van der Waals surface area contributed by atoms with E-state index >= 15 is 0 Å². The number of para-hydroxylation sites is 1. The van der Waals surface area contributed by atoms with Gasteiger partial charge in [0.25, 0.3) is 0 Å². The summed E-state index contributed by atoms with van der Waals surface area (Å²) >= 11 is 0. The molecule has 1 N–H and O–H groups in total. The zero-order chi connectivity index (χ0) is 15.6. The first kappa shape index (κ1) is 12.3. The fourth-order valence-electron chi connectivity index (χ4n) is 3.36. The number of hydrogen-bond acceptors (Lipinski definition) is 3. The van der Waals surface area contributed by atoms with Gasteiger partial charge in [-0.25, -0.2) is 14.8 Å². The van der Waals surface area contributed by atoms with Crippen molar-refractivity contribution in [3.63, 3.8) is 0 Å². The predicted octanol–water partition coefficient (Wildman–Crippen LogP) is 4.13. The monoisotopic (exact) mass is 298 g/mol. The summed E-state index contributed by atoms with van der Waals surface area (Å²) in [6.45, 7) is 0. The number of carboxylic acid groups (broad SMARTS) is 1. The number of nitrogens with zero attached hydrogens (tertiary/aromatic N) is 2. The first-order valence-corrected chi connectivity index (χ1v) is 7.30. The van der Waals surface area contributed by atoms with Crippen LogP contribution in [0.15, 0.2) is 54.6 Å². The molecule has 0 bridgehead atoms. The van der Waals surface area contributed by atoms with Gasteiger partial charge >= 0.3 is 5.97 Å². The second-order valence-corrected chi connectivity index (χ2v) is 5.61. The maximum Gasteiger partial charge on any atom is 0.337 e. The molecule has 108 valence electrons. The van der Waals surface area contributed by atoms with Gasteiger partial charge in [0.2, 0.25) is 0 Å². The van der Waals surface area contributed by atoms with Crippen molar-refractivity contribution in [2.45, 2.75) is 0 Å². The second kappa shape index (κ2) is 4.14. The molecule has 0 aliphatic heterocycles. The molecule has 0 radical (unpaired) electrons. The molecule has 1 aliphatic carbocycles. The molecule has 1 aliphatic rings. The molecule has 0 saturated heterocycles. The highest BCUT2D eigenvalue weighted by Gasteiger charge is 2.25. The molecular weight excluding hydrogens is 288 g/mol. The van der Waals surface area contributed by atoms with E-state index in [9.17, 15) is 9.90 Å². The normalized spacial score (nSPS) is 11.8. The van der Waals surface area contributed by atoms with Gasteiger partial charge in [0, 0.05) is 16.5 Å². The number of hydrogen-bond donors (Lipinski definition) is 1. The third kappa shape index (κ3) is 1.52. The van der Waals surface area contributed by atoms with Gasteiger partial charge in [-0.3, -0.25) is 0 Å². The van der Waals surface area contributed by atoms with Crippen LogP contribution in [0.5, 0.6) is 0 Å². The van der Waals surface area contributed by atoms with E-state index in [1.54, 1.807) is 18.2 Å². The zero-order valence-corrected chi connectivity index (χ0v) is 11.9. The summed E-state index contributed by atoms with van der Waals surface area (Å²) in [4.78, 5) is 20.8. The van der Waals surface area contributed by atoms with Gasteiger partial charge in [-0.1, -0.05) is 42.5 Å². The molecule has 4 heteroatoms. The van der Waals surface area contributed by atoms with Crippen LogP contribution in [0.4, 0.5) is 0 Å². The van der Waals surface area contributed by atoms with Gasteiger partial charge in [-0.15, -0.1) is 0 Å². The minimum Gasteiger partial charge on any atom is -0.478 e. The number of aromatic carboxylic acids is 1. The second-order valence-electron chi connectivity index (χ2n) is 5.61. The highest BCUT2D eigenvalue weighted by Crippen LogP contribution is 2.45. The van der Waals surface area contributed by atoms with E-state index in [-0.39, 0.29) is 5.56 Å². The summed E-state index contributed by atoms with van der Waals surface area (Å²) in [5.74, 6) is -0.987. The van der Waals surface area contributed by atoms with E-state index in [1.807, 2.05) is 24.3 Å². The van der Waals surface area contributed by atoms with Crippen LogP contribution < -0.4 is 0 Å². The fraction of sp³-hybridized carbons (Fsp3) is 0. The molecule has 0 amide bonds. The molecule has 1 aromatic heterocycles. The van der Waals surface area contributed by atoms with Crippen LogP contribution in [0, 0.1) is 0 Å². The molecule has 0 atom stereocenters. The third-order valence-corrected chi connectivity index (χ3v) is 4.34. The van der Waals surface area contributed by atoms with E-state index in [1.165, 1.54) is 0 Å². The van der Waals surface area contributed by atoms with Gasteiger partial charge in [0.05, 0.1) is 22.5 Å². The Bertz CT molecular complexity index is 1140. The quantitative estimate of drug-likeness (QED) is 0.505. The Kier molecular flexibility index (Phi) is 2.21. The maximum atomic E-state index is 11.5. The van der Waals surface area contributed by atoms with Gasteiger partial charge in [0.15, 0.2) is 0 Å². The van der Waals surface area contributed by atoms with Crippen molar-refractivity contribution in [1.82, 2.24) is 9.97 Å². The lowest BCUT2D eigenvalue weighted by Crippen LogP contribution is -2.01. The zero-order valence-electron chi connectivity index (χ0n) is 11.9. The standard InChI is InChI=1S/C19H10N2O2/c22-19(23)13-8-3-9-14-16(13)21-18-12-7-2-5-10-4-1-6-11(15(10)12)17(18)20-14/h1-9H,(H,22,23). The average Bonchev–Trinajstić information content (AvgIpc) is 2.88. The third-order valence-electron chi connectivity index (χ3n) is 4.34. The Labute approximate surface area is 131 Å². The number of carboxylic acids is 1. The Morgan fingerprint density at radius 3 is 2.17 bits per heavy atom. The maximum absolute atomic E-state index is 11.5. The van der Waals surface area contributed by atoms with Crippen LogP contribution in [0.1, 0.15) is 10.4 Å². The number of benzene rings is 3. The van der Waals surface area contributed by atoms with Crippen molar-refractivity contribution in [2.24, 2.45) is 0 Å². The number of fused-ring (bicyclic) bond motifs is 4. The van der Waals surface area contributed by atoms with Crippen LogP contribution >= 0.6 is 0 Å². The van der Waals surface area contributed by atoms with Crippen molar-refractivity contribution in [3.05, 3.63) is 60.2 Å². The minimum atomic E-state index is -0.987. The lowest BCUT2D eigenvalue weighted by Gasteiger charge is -2.05. The topological polar surface area (TPSA) is 63.1 Å². The average molecular weight is 298 g/mol. The van der Waals surface area contributed by atoms with Crippen LogP contribution in [0.3, 0.4) is 0 Å². The number of carbonyl (C=O) groups is 1. The van der Waals surface area contributed by atoms with Gasteiger partial charge < -0.3 is 5.11 Å². The lowest BCUT2D eigenvalue weighted by atomic mass is 10.0. The Morgan fingerprint density at radius 2 is 1.48 bits per heavy atom. The SMILES string of the molecule is O=C(O)c1cccc2nc3c(nc12)-c1cccc2cccc-3c12. The highest BCUT2D eigenvalue weighted by molar-refractivity contribution is 6.14. The summed E-state index contributed by atoms with van der Waals surface area (Å²) in [6.07, 6.45) is 0. The first-order valence-electron chi connectivity index (χ1n) is 7.30. The molecule has 0 saturated carbocycles. The summed E-state index contributed by atoms with van der Waals surface area (Å²) < 4.78 is 0. The van der Waals surface area contributed by atoms with Gasteiger partial charge in [-0.05, 0) is 17.5 Å². The predicted molar refractivity (Wildman–Crippen MR) is 88.4 cm³/mol. The van der Waals surface area contributed by atoms with E-state index in [0.29, 0.717) is 11.0 Å². The molecule has 0 unspecified atom stereocenters. The molecule has 4 aromatic rings. The van der Waals surface area contributed by atoms with Crippen molar-refractivity contribution in [2.75, 3.05) is 0 Å². The largest absolute Gasteiger partial charge is 0.478 e. The minimum absolute atomic E-state index is 0.181. The van der Waals surface area contributed by atoms with Crippen molar-refractivity contribution in [3.8, 4) is 22.5 Å². The van der Waals surface area contributed by atoms with E-state index in [0.717, 1.165) is 33.3 Å². The highest BCUT2D eigenvalue weighted by atomic mass is 16.4. The molecular formula is C19H10N2O2. The summed E-state index contributed by atoms with van der Waals surface area (Å²) in [5.41, 5.74) is 4.88. The Morgan fingerprint density at radius 1 is 0.826 bits per heavy atom. The molecule has 0 spiro atoms. The van der Waals surface area contributed by atoms with E-state index < -0.39 is 5.97 Å². The molecule has 3 aromatic carbocycles. The van der Waals surface area contributed by atoms with Crippen LogP contribution in [0.25, 0.3) is 44.3 Å². The van der Waals surface area contributed by atoms with Crippen LogP contribution in [0.2, 0.25) is 0 Å². The van der Waals surface area contributed by atoms with E-state index in [4.69, 9.17) is 4.98 Å². The molecule has 1 heterocycles. The van der Waals surface area contributed by atoms with Crippen molar-refractivity contribution >= 4 is 27.8 Å². The number of rotatable bonds is 1. The molecule has 5 rings (SSSR count). The summed E-state index contributed by atoms with van der Waals surface area (Å²) in [5, 5.41) is 11.7. The van der Waals surface area contributed by atoms with Crippen molar-refractivity contribution in [1.29, 1.82) is 0 Å². The Hall–Kier alpha value is -3.27. The van der Waals surface area contributed by atoms with Gasteiger partial charge in [-0.2, -0.15) is 0 Å². The smallest absolute Gasteiger partial charge is 0.337 e. The van der Waals surface area contributed by atoms with Crippen molar-refractivity contribution < 1.29 is 9.90 Å². The van der Waals surface area contributed by atoms with E-state index in [2.05, 4.69) is 17.1 Å². The lowest BCUT2D eigenvalue weighted by molar-refractivity contribution is 0.0699. The molecule has 4 nitrogen and oxygen atoms in total. The summed E-state index contributed by atoms with van der Waals surface area (Å²) in [7, 11) is 0. The fourth-order valence-corrected chi connectivity index (χ4v) is 3.36. The molecule has 23 heavy (non-hydrogen) atoms. The Balaban J connectivity index is 1.96. The van der Waals surface area contributed by atoms with Crippen LogP contribution in [-0.2, 0) is 0 Å². The number of aromatic nitrogens is 2. The first-order chi connectivity index (χ1) is 11.2. The molecule has 0 fully saturated rings. The van der Waals surface area contributed by atoms with Crippen LogP contribution in [-0.4, -0.2) is 21.0 Å². The summed E-state index contributed by atoms with van der Waals surface area (Å²) in [6, 6.07) is 17.3.